The van der Waals surface area contributed by atoms with Crippen LogP contribution in [0.1, 0.15) is 46.2 Å². The molecule has 6 nitrogen and oxygen atoms in total. The molecule has 0 radical (unpaired) electrons. The summed E-state index contributed by atoms with van der Waals surface area (Å²) in [6.07, 6.45) is 1.83. The lowest BCUT2D eigenvalue weighted by atomic mass is 9.77. The Morgan fingerprint density at radius 1 is 1.33 bits per heavy atom. The van der Waals surface area contributed by atoms with Crippen LogP contribution in [0, 0.1) is 0 Å². The summed E-state index contributed by atoms with van der Waals surface area (Å²) in [4.78, 5) is 11.8. The molecule has 7 heteroatoms. The first-order valence-electron chi connectivity index (χ1n) is 7.06. The predicted molar refractivity (Wildman–Crippen MR) is 79.4 cm³/mol. The van der Waals surface area contributed by atoms with Gasteiger partial charge in [-0.2, -0.15) is 5.10 Å². The molecule has 0 N–H and O–H groups in total. The van der Waals surface area contributed by atoms with Crippen molar-refractivity contribution in [2.24, 2.45) is 7.05 Å². The molecule has 0 amide bonds. The quantitative estimate of drug-likeness (QED) is 0.614. The van der Waals surface area contributed by atoms with Crippen LogP contribution in [0.15, 0.2) is 6.20 Å². The lowest BCUT2D eigenvalue weighted by Crippen LogP contribution is -2.41. The molecule has 1 unspecified atom stereocenters. The van der Waals surface area contributed by atoms with E-state index in [1.807, 2.05) is 40.9 Å². The summed E-state index contributed by atoms with van der Waals surface area (Å²) in [5, 5.41) is 4.38. The molecule has 2 rings (SSSR count). The van der Waals surface area contributed by atoms with Gasteiger partial charge >= 0.3 is 13.1 Å². The zero-order valence-electron chi connectivity index (χ0n) is 13.8. The molecule has 0 spiro atoms. The van der Waals surface area contributed by atoms with E-state index >= 15 is 0 Å². The highest BCUT2D eigenvalue weighted by atomic mass is 16.7. The van der Waals surface area contributed by atoms with Crippen molar-refractivity contribution in [2.75, 3.05) is 7.11 Å². The maximum atomic E-state index is 11.8. The van der Waals surface area contributed by atoms with E-state index in [9.17, 15) is 4.79 Å². The number of ether oxygens (including phenoxy) is 1. The first-order chi connectivity index (χ1) is 9.59. The molecule has 0 bridgehead atoms. The predicted octanol–water partition coefficient (Wildman–Crippen LogP) is 0.996. The average Bonchev–Trinajstić information content (AvgIpc) is 2.86. The molecule has 0 aliphatic carbocycles. The number of carbonyl (C=O) groups excluding carboxylic acids is 1. The van der Waals surface area contributed by atoms with Gasteiger partial charge < -0.3 is 14.0 Å². The van der Waals surface area contributed by atoms with Crippen LogP contribution in [0.5, 0.6) is 0 Å². The summed E-state index contributed by atoms with van der Waals surface area (Å²) < 4.78 is 18.5. The van der Waals surface area contributed by atoms with E-state index in [2.05, 4.69) is 5.10 Å². The standard InChI is InChI=1S/C14H23BN2O4/c1-9(12(18)19-7)11-10(8-17(6)16-11)15-20-13(2,3)14(4,5)21-15/h8-9H,1-7H3. The number of aryl methyl sites for hydroxylation is 1. The Morgan fingerprint density at radius 3 is 2.33 bits per heavy atom. The van der Waals surface area contributed by atoms with E-state index in [4.69, 9.17) is 14.0 Å². The van der Waals surface area contributed by atoms with Crippen LogP contribution < -0.4 is 5.46 Å². The Bertz CT molecular complexity index is 537. The molecule has 0 aromatic carbocycles. The highest BCUT2D eigenvalue weighted by molar-refractivity contribution is 6.62. The minimum absolute atomic E-state index is 0.327. The van der Waals surface area contributed by atoms with Crippen LogP contribution in [0.25, 0.3) is 0 Å². The van der Waals surface area contributed by atoms with Crippen molar-refractivity contribution in [3.8, 4) is 0 Å². The first kappa shape index (κ1) is 16.0. The third kappa shape index (κ3) is 2.72. The number of methoxy groups -OCH3 is 1. The maximum absolute atomic E-state index is 11.8. The fraction of sp³-hybridized carbons (Fsp3) is 0.714. The van der Waals surface area contributed by atoms with Crippen molar-refractivity contribution in [1.29, 1.82) is 0 Å². The zero-order chi connectivity index (χ0) is 16.0. The van der Waals surface area contributed by atoms with E-state index in [1.165, 1.54) is 7.11 Å². The van der Waals surface area contributed by atoms with Crippen molar-refractivity contribution in [2.45, 2.75) is 51.7 Å². The molecule has 2 heterocycles. The smallest absolute Gasteiger partial charge is 0.469 e. The SMILES string of the molecule is COC(=O)C(C)c1nn(C)cc1B1OC(C)(C)C(C)(C)O1. The van der Waals surface area contributed by atoms with Crippen LogP contribution in [0.3, 0.4) is 0 Å². The van der Waals surface area contributed by atoms with Crippen LogP contribution in [-0.2, 0) is 25.9 Å². The number of nitrogens with zero attached hydrogens (tertiary/aromatic N) is 2. The largest absolute Gasteiger partial charge is 0.498 e. The fourth-order valence-corrected chi connectivity index (χ4v) is 2.30. The Hall–Kier alpha value is -1.34. The van der Waals surface area contributed by atoms with Gasteiger partial charge in [0.25, 0.3) is 0 Å². The molecular weight excluding hydrogens is 271 g/mol. The van der Waals surface area contributed by atoms with Crippen molar-refractivity contribution in [3.05, 3.63) is 11.9 Å². The van der Waals surface area contributed by atoms with Crippen molar-refractivity contribution in [1.82, 2.24) is 9.78 Å². The van der Waals surface area contributed by atoms with Gasteiger partial charge in [0, 0.05) is 18.7 Å². The number of aromatic nitrogens is 2. The molecule has 116 valence electrons. The van der Waals surface area contributed by atoms with Crippen LogP contribution in [0.4, 0.5) is 0 Å². The summed E-state index contributed by atoms with van der Waals surface area (Å²) in [6.45, 7) is 9.74. The minimum Gasteiger partial charge on any atom is -0.469 e. The number of esters is 1. The summed E-state index contributed by atoms with van der Waals surface area (Å²) in [7, 11) is 2.64. The number of carbonyl (C=O) groups is 1. The van der Waals surface area contributed by atoms with E-state index in [-0.39, 0.29) is 5.97 Å². The molecule has 1 aliphatic heterocycles. The van der Waals surface area contributed by atoms with Crippen LogP contribution in [-0.4, -0.2) is 41.2 Å². The molecule has 21 heavy (non-hydrogen) atoms. The lowest BCUT2D eigenvalue weighted by molar-refractivity contribution is -0.142. The zero-order valence-corrected chi connectivity index (χ0v) is 13.8. The maximum Gasteiger partial charge on any atom is 0.498 e. The lowest BCUT2D eigenvalue weighted by Gasteiger charge is -2.32. The molecule has 1 aromatic heterocycles. The Morgan fingerprint density at radius 2 is 1.86 bits per heavy atom. The van der Waals surface area contributed by atoms with Gasteiger partial charge in [-0.05, 0) is 34.6 Å². The molecular formula is C14H23BN2O4. The highest BCUT2D eigenvalue weighted by Crippen LogP contribution is 2.37. The van der Waals surface area contributed by atoms with E-state index < -0.39 is 24.2 Å². The summed E-state index contributed by atoms with van der Waals surface area (Å²) in [6, 6.07) is 0. The molecule has 1 fully saturated rings. The second-order valence-electron chi connectivity index (χ2n) is 6.48. The summed E-state index contributed by atoms with van der Waals surface area (Å²) in [5.74, 6) is -0.795. The number of hydrogen-bond donors (Lipinski definition) is 0. The molecule has 1 saturated heterocycles. The van der Waals surface area contributed by atoms with Crippen molar-refractivity contribution in [3.63, 3.8) is 0 Å². The van der Waals surface area contributed by atoms with Gasteiger partial charge in [0.05, 0.1) is 29.9 Å². The molecule has 1 aromatic rings. The summed E-state index contributed by atoms with van der Waals surface area (Å²) in [5.41, 5.74) is 0.537. The monoisotopic (exact) mass is 294 g/mol. The van der Waals surface area contributed by atoms with E-state index in [0.717, 1.165) is 5.46 Å². The topological polar surface area (TPSA) is 62.6 Å². The second kappa shape index (κ2) is 5.14. The van der Waals surface area contributed by atoms with E-state index in [1.54, 1.807) is 11.6 Å². The third-order valence-corrected chi connectivity index (χ3v) is 4.36. The Kier molecular flexibility index (Phi) is 3.93. The van der Waals surface area contributed by atoms with Gasteiger partial charge in [-0.1, -0.05) is 0 Å². The van der Waals surface area contributed by atoms with Gasteiger partial charge in [-0.3, -0.25) is 9.48 Å². The summed E-state index contributed by atoms with van der Waals surface area (Å²) >= 11 is 0. The molecule has 1 aliphatic rings. The average molecular weight is 294 g/mol. The normalized spacial score (nSPS) is 21.4. The van der Waals surface area contributed by atoms with Crippen molar-refractivity contribution < 1.29 is 18.8 Å². The number of hydrogen-bond acceptors (Lipinski definition) is 5. The first-order valence-corrected chi connectivity index (χ1v) is 7.06. The van der Waals surface area contributed by atoms with Gasteiger partial charge in [0.15, 0.2) is 0 Å². The van der Waals surface area contributed by atoms with Gasteiger partial charge in [-0.25, -0.2) is 0 Å². The molecule has 1 atom stereocenters. The van der Waals surface area contributed by atoms with Gasteiger partial charge in [0.2, 0.25) is 0 Å². The van der Waals surface area contributed by atoms with Crippen LogP contribution in [0.2, 0.25) is 0 Å². The highest BCUT2D eigenvalue weighted by Gasteiger charge is 2.53. The molecule has 0 saturated carbocycles. The van der Waals surface area contributed by atoms with Gasteiger partial charge in [0.1, 0.15) is 0 Å². The number of rotatable bonds is 3. The Balaban J connectivity index is 2.36. The third-order valence-electron chi connectivity index (χ3n) is 4.36. The van der Waals surface area contributed by atoms with E-state index in [0.29, 0.717) is 5.69 Å². The Labute approximate surface area is 125 Å². The minimum atomic E-state index is -0.536. The second-order valence-corrected chi connectivity index (χ2v) is 6.48. The fourth-order valence-electron chi connectivity index (χ4n) is 2.30. The van der Waals surface area contributed by atoms with Crippen molar-refractivity contribution >= 4 is 18.6 Å². The van der Waals surface area contributed by atoms with Gasteiger partial charge in [-0.15, -0.1) is 0 Å². The van der Waals surface area contributed by atoms with Crippen LogP contribution >= 0.6 is 0 Å².